The predicted octanol–water partition coefficient (Wildman–Crippen LogP) is 5.70. The van der Waals surface area contributed by atoms with Crippen molar-refractivity contribution < 1.29 is 4.79 Å². The first kappa shape index (κ1) is 17.4. The van der Waals surface area contributed by atoms with E-state index in [1.807, 2.05) is 11.8 Å². The Morgan fingerprint density at radius 2 is 1.86 bits per heavy atom. The summed E-state index contributed by atoms with van der Waals surface area (Å²) in [6, 6.07) is 19.2. The summed E-state index contributed by atoms with van der Waals surface area (Å²) in [5, 5.41) is 3.68. The van der Waals surface area contributed by atoms with Crippen molar-refractivity contribution in [2.45, 2.75) is 35.2 Å². The van der Waals surface area contributed by atoms with E-state index in [2.05, 4.69) is 81.8 Å². The molecule has 0 spiro atoms. The Hall–Kier alpha value is -2.66. The van der Waals surface area contributed by atoms with Crippen molar-refractivity contribution >= 4 is 35.1 Å². The van der Waals surface area contributed by atoms with Crippen molar-refractivity contribution in [1.82, 2.24) is 4.57 Å². The Labute approximate surface area is 169 Å². The summed E-state index contributed by atoms with van der Waals surface area (Å²) >= 11 is 1.83. The lowest BCUT2D eigenvalue weighted by atomic mass is 9.91. The number of benzene rings is 2. The molecule has 3 aromatic rings. The highest BCUT2D eigenvalue weighted by Gasteiger charge is 2.32. The van der Waals surface area contributed by atoms with Crippen LogP contribution in [0, 0.1) is 5.92 Å². The van der Waals surface area contributed by atoms with E-state index < -0.39 is 0 Å². The minimum absolute atomic E-state index is 0.226. The first-order valence-electron chi connectivity index (χ1n) is 9.83. The second-order valence-corrected chi connectivity index (χ2v) is 8.55. The van der Waals surface area contributed by atoms with Crippen LogP contribution in [-0.4, -0.2) is 17.4 Å². The van der Waals surface area contributed by atoms with Crippen LogP contribution < -0.4 is 10.2 Å². The number of piperidine rings is 1. The molecule has 3 heterocycles. The molecule has 28 heavy (non-hydrogen) atoms. The van der Waals surface area contributed by atoms with Gasteiger partial charge in [0.25, 0.3) is 0 Å². The quantitative estimate of drug-likeness (QED) is 0.454. The summed E-state index contributed by atoms with van der Waals surface area (Å²) < 4.78 is 2.28. The number of aldehydes is 1. The number of fused-ring (bicyclic) bond motifs is 2. The van der Waals surface area contributed by atoms with Gasteiger partial charge >= 0.3 is 0 Å². The largest absolute Gasteiger partial charge is 0.352 e. The van der Waals surface area contributed by atoms with Gasteiger partial charge in [0.15, 0.2) is 0 Å². The van der Waals surface area contributed by atoms with Gasteiger partial charge in [-0.1, -0.05) is 30.0 Å². The molecular weight excluding hydrogens is 366 g/mol. The van der Waals surface area contributed by atoms with E-state index in [4.69, 9.17) is 0 Å². The van der Waals surface area contributed by atoms with Crippen molar-refractivity contribution in [2.24, 2.45) is 5.92 Å². The van der Waals surface area contributed by atoms with Gasteiger partial charge in [0.1, 0.15) is 12.5 Å². The number of carbonyl (C=O) groups excluding carboxylic acids is 1. The lowest BCUT2D eigenvalue weighted by Crippen LogP contribution is -2.40. The molecule has 0 radical (unpaired) electrons. The average Bonchev–Trinajstić information content (AvgIpc) is 3.27. The summed E-state index contributed by atoms with van der Waals surface area (Å²) in [6.45, 7) is 0.950. The van der Waals surface area contributed by atoms with Crippen molar-refractivity contribution in [1.29, 1.82) is 0 Å². The molecule has 2 unspecified atom stereocenters. The summed E-state index contributed by atoms with van der Waals surface area (Å²) in [7, 11) is 0. The second kappa shape index (κ2) is 7.40. The molecule has 0 bridgehead atoms. The maximum Gasteiger partial charge on any atom is 0.120 e. The van der Waals surface area contributed by atoms with Crippen LogP contribution in [0.2, 0.25) is 0 Å². The van der Waals surface area contributed by atoms with Gasteiger partial charge in [-0.2, -0.15) is 0 Å². The van der Waals surface area contributed by atoms with Gasteiger partial charge < -0.3 is 19.6 Å². The highest BCUT2D eigenvalue weighted by molar-refractivity contribution is 7.99. The molecule has 5 heteroatoms. The first-order valence-corrected chi connectivity index (χ1v) is 10.6. The Balaban J connectivity index is 1.53. The zero-order valence-electron chi connectivity index (χ0n) is 15.6. The molecule has 2 aliphatic heterocycles. The van der Waals surface area contributed by atoms with Gasteiger partial charge in [-0.15, -0.1) is 0 Å². The van der Waals surface area contributed by atoms with E-state index in [0.29, 0.717) is 12.3 Å². The maximum atomic E-state index is 11.1. The number of carbonyl (C=O) groups is 1. The van der Waals surface area contributed by atoms with Crippen LogP contribution in [0.1, 0.15) is 25.4 Å². The zero-order chi connectivity index (χ0) is 18.9. The average molecular weight is 390 g/mol. The second-order valence-electron chi connectivity index (χ2n) is 7.47. The highest BCUT2D eigenvalue weighted by atomic mass is 32.2. The first-order chi connectivity index (χ1) is 13.8. The normalized spacial score (nSPS) is 20.8. The zero-order valence-corrected chi connectivity index (χ0v) is 16.4. The van der Waals surface area contributed by atoms with Crippen molar-refractivity contribution in [3.63, 3.8) is 0 Å². The summed E-state index contributed by atoms with van der Waals surface area (Å²) in [5.41, 5.74) is 3.60. The van der Waals surface area contributed by atoms with Gasteiger partial charge in [0.2, 0.25) is 0 Å². The third kappa shape index (κ3) is 3.10. The minimum atomic E-state index is 0.226. The lowest BCUT2D eigenvalue weighted by molar-refractivity contribution is -0.108. The van der Waals surface area contributed by atoms with Crippen LogP contribution in [0.5, 0.6) is 0 Å². The van der Waals surface area contributed by atoms with E-state index in [0.717, 1.165) is 25.7 Å². The molecule has 2 aromatic carbocycles. The van der Waals surface area contributed by atoms with E-state index >= 15 is 0 Å². The van der Waals surface area contributed by atoms with Crippen LogP contribution in [0.4, 0.5) is 17.1 Å². The fraction of sp³-hybridized carbons (Fsp3) is 0.261. The van der Waals surface area contributed by atoms with Gasteiger partial charge in [-0.05, 0) is 55.2 Å². The molecule has 2 aliphatic rings. The van der Waals surface area contributed by atoms with Gasteiger partial charge in [-0.3, -0.25) is 0 Å². The Morgan fingerprint density at radius 3 is 2.71 bits per heavy atom. The maximum absolute atomic E-state index is 11.1. The molecule has 0 saturated carbocycles. The summed E-state index contributed by atoms with van der Waals surface area (Å²) in [6.07, 6.45) is 8.25. The molecule has 0 aliphatic carbocycles. The van der Waals surface area contributed by atoms with Crippen molar-refractivity contribution in [2.75, 3.05) is 16.8 Å². The molecular formula is C23H23N3OS. The molecule has 1 N–H and O–H groups in total. The minimum Gasteiger partial charge on any atom is -0.352 e. The van der Waals surface area contributed by atoms with Crippen molar-refractivity contribution in [3.05, 3.63) is 67.0 Å². The molecule has 0 amide bonds. The van der Waals surface area contributed by atoms with Crippen LogP contribution >= 0.6 is 11.8 Å². The topological polar surface area (TPSA) is 37.3 Å². The molecule has 1 aromatic heterocycles. The number of rotatable bonds is 4. The predicted molar refractivity (Wildman–Crippen MR) is 115 cm³/mol. The molecule has 4 nitrogen and oxygen atoms in total. The Bertz CT molecular complexity index is 985. The number of para-hydroxylation sites is 2. The van der Waals surface area contributed by atoms with E-state index in [1.54, 1.807) is 0 Å². The third-order valence-corrected chi connectivity index (χ3v) is 6.90. The highest BCUT2D eigenvalue weighted by Crippen LogP contribution is 2.49. The standard InChI is InChI=1S/C23H23N3OS/c27-15-11-17-10-14-26(22(16-17)25-12-3-4-13-25)19-7-5-9-21-23(19)24-18-6-1-2-8-20(18)28-21/h1-9,12-13,15,17,22,24H,10-11,14,16H2. The lowest BCUT2D eigenvalue weighted by Gasteiger charge is -2.42. The molecule has 1 fully saturated rings. The van der Waals surface area contributed by atoms with E-state index in [-0.39, 0.29) is 6.17 Å². The molecule has 1 saturated heterocycles. The van der Waals surface area contributed by atoms with Gasteiger partial charge in [0, 0.05) is 35.2 Å². The van der Waals surface area contributed by atoms with Crippen LogP contribution in [0.25, 0.3) is 0 Å². The fourth-order valence-electron chi connectivity index (χ4n) is 4.36. The number of nitrogens with one attached hydrogen (secondary N) is 1. The fourth-order valence-corrected chi connectivity index (χ4v) is 5.37. The monoisotopic (exact) mass is 389 g/mol. The number of aromatic nitrogens is 1. The van der Waals surface area contributed by atoms with Gasteiger partial charge in [-0.25, -0.2) is 0 Å². The number of hydrogen-bond donors (Lipinski definition) is 1. The van der Waals surface area contributed by atoms with Crippen LogP contribution in [-0.2, 0) is 4.79 Å². The van der Waals surface area contributed by atoms with Gasteiger partial charge in [0.05, 0.1) is 17.1 Å². The third-order valence-electron chi connectivity index (χ3n) is 5.76. The number of hydrogen-bond acceptors (Lipinski definition) is 4. The number of anilines is 3. The SMILES string of the molecule is O=CCC1CCN(c2cccc3c2Nc2ccccc2S3)C(n2cccc2)C1. The molecule has 2 atom stereocenters. The summed E-state index contributed by atoms with van der Waals surface area (Å²) in [5.74, 6) is 0.448. The van der Waals surface area contributed by atoms with E-state index in [1.165, 1.54) is 26.9 Å². The van der Waals surface area contributed by atoms with Crippen LogP contribution in [0.3, 0.4) is 0 Å². The Morgan fingerprint density at radius 1 is 1.04 bits per heavy atom. The molecule has 142 valence electrons. The smallest absolute Gasteiger partial charge is 0.120 e. The number of nitrogens with zero attached hydrogens (tertiary/aromatic N) is 2. The van der Waals surface area contributed by atoms with E-state index in [9.17, 15) is 4.79 Å². The summed E-state index contributed by atoms with van der Waals surface area (Å²) in [4.78, 5) is 16.1. The van der Waals surface area contributed by atoms with Crippen LogP contribution in [0.15, 0.2) is 76.8 Å². The molecule has 5 rings (SSSR count). The Kier molecular flexibility index (Phi) is 4.61. The van der Waals surface area contributed by atoms with Crippen molar-refractivity contribution in [3.8, 4) is 0 Å².